The van der Waals surface area contributed by atoms with Crippen LogP contribution in [-0.2, 0) is 13.6 Å². The number of unbranched alkanes of at least 4 members (excludes halogenated alkanes) is 14. The lowest BCUT2D eigenvalue weighted by Crippen LogP contribution is -1.98. The van der Waals surface area contributed by atoms with E-state index in [1.54, 1.807) is 5.82 Å². The van der Waals surface area contributed by atoms with E-state index < -0.39 is 7.60 Å². The SMILES string of the molecule is CCCCCC/C=C/P(=O)(OCCCCCCCC)OCCCCCCCC. The molecule has 0 saturated carbocycles. The Morgan fingerprint density at radius 3 is 1.43 bits per heavy atom. The summed E-state index contributed by atoms with van der Waals surface area (Å²) < 4.78 is 24.6. The largest absolute Gasteiger partial charge is 0.353 e. The summed E-state index contributed by atoms with van der Waals surface area (Å²) in [6, 6.07) is 0. The fourth-order valence-corrected chi connectivity index (χ4v) is 4.59. The highest BCUT2D eigenvalue weighted by molar-refractivity contribution is 7.57. The third kappa shape index (κ3) is 19.2. The topological polar surface area (TPSA) is 35.5 Å². The van der Waals surface area contributed by atoms with Gasteiger partial charge in [0.05, 0.1) is 13.2 Å². The van der Waals surface area contributed by atoms with Gasteiger partial charge in [0.15, 0.2) is 0 Å². The Bertz CT molecular complexity index is 360. The van der Waals surface area contributed by atoms with Gasteiger partial charge < -0.3 is 9.05 Å². The molecule has 0 unspecified atom stereocenters. The summed E-state index contributed by atoms with van der Waals surface area (Å²) in [5.74, 6) is 1.73. The Kier molecular flexibility index (Phi) is 21.5. The normalized spacial score (nSPS) is 12.2. The number of hydrogen-bond donors (Lipinski definition) is 0. The van der Waals surface area contributed by atoms with Gasteiger partial charge in [-0.3, -0.25) is 4.57 Å². The van der Waals surface area contributed by atoms with Crippen LogP contribution >= 0.6 is 7.60 Å². The Hall–Kier alpha value is -0.110. The second kappa shape index (κ2) is 21.6. The van der Waals surface area contributed by atoms with Gasteiger partial charge in [0.1, 0.15) is 0 Å². The van der Waals surface area contributed by atoms with Gasteiger partial charge in [-0.25, -0.2) is 0 Å². The molecule has 0 bridgehead atoms. The minimum absolute atomic E-state index is 0.542. The van der Waals surface area contributed by atoms with Crippen molar-refractivity contribution in [3.05, 3.63) is 11.9 Å². The average Bonchev–Trinajstić information content (AvgIpc) is 2.69. The number of allylic oxidation sites excluding steroid dienone is 1. The van der Waals surface area contributed by atoms with Crippen molar-refractivity contribution in [1.82, 2.24) is 0 Å². The van der Waals surface area contributed by atoms with Crippen LogP contribution in [0.1, 0.15) is 130 Å². The molecule has 0 aromatic carbocycles. The lowest BCUT2D eigenvalue weighted by Gasteiger charge is -2.15. The van der Waals surface area contributed by atoms with E-state index in [2.05, 4.69) is 20.8 Å². The van der Waals surface area contributed by atoms with Crippen LogP contribution in [0.15, 0.2) is 11.9 Å². The zero-order valence-corrected chi connectivity index (χ0v) is 20.2. The van der Waals surface area contributed by atoms with Crippen molar-refractivity contribution in [3.63, 3.8) is 0 Å². The maximum atomic E-state index is 13.0. The predicted molar refractivity (Wildman–Crippen MR) is 124 cm³/mol. The summed E-state index contributed by atoms with van der Waals surface area (Å²) in [6.45, 7) is 7.76. The molecule has 28 heavy (non-hydrogen) atoms. The van der Waals surface area contributed by atoms with Crippen molar-refractivity contribution in [2.24, 2.45) is 0 Å². The smallest absolute Gasteiger partial charge is 0.306 e. The van der Waals surface area contributed by atoms with Crippen LogP contribution in [0.4, 0.5) is 0 Å². The molecule has 0 heterocycles. The summed E-state index contributed by atoms with van der Waals surface area (Å²) in [4.78, 5) is 0. The molecular formula is C24H49O3P. The van der Waals surface area contributed by atoms with Gasteiger partial charge in [0, 0.05) is 5.82 Å². The molecule has 0 atom stereocenters. The van der Waals surface area contributed by atoms with Gasteiger partial charge in [0.25, 0.3) is 0 Å². The van der Waals surface area contributed by atoms with Crippen LogP contribution in [0.3, 0.4) is 0 Å². The highest BCUT2D eigenvalue weighted by Gasteiger charge is 2.20. The van der Waals surface area contributed by atoms with Crippen molar-refractivity contribution in [3.8, 4) is 0 Å². The third-order valence-corrected chi connectivity index (χ3v) is 6.71. The van der Waals surface area contributed by atoms with Crippen molar-refractivity contribution in [1.29, 1.82) is 0 Å². The minimum atomic E-state index is -3.08. The van der Waals surface area contributed by atoms with Crippen molar-refractivity contribution < 1.29 is 13.6 Å². The fourth-order valence-electron chi connectivity index (χ4n) is 3.16. The molecular weight excluding hydrogens is 367 g/mol. The van der Waals surface area contributed by atoms with Crippen LogP contribution in [0.25, 0.3) is 0 Å². The molecule has 168 valence electrons. The first-order valence-electron chi connectivity index (χ1n) is 12.2. The zero-order chi connectivity index (χ0) is 20.8. The molecule has 0 amide bonds. The van der Waals surface area contributed by atoms with E-state index in [1.807, 2.05) is 6.08 Å². The highest BCUT2D eigenvalue weighted by atomic mass is 31.2. The molecule has 0 aliphatic carbocycles. The predicted octanol–water partition coefficient (Wildman–Crippen LogP) is 9.42. The molecule has 0 aliphatic rings. The van der Waals surface area contributed by atoms with Gasteiger partial charge >= 0.3 is 7.60 Å². The molecule has 0 spiro atoms. The van der Waals surface area contributed by atoms with Gasteiger partial charge in [-0.1, -0.05) is 110 Å². The maximum Gasteiger partial charge on any atom is 0.353 e. The van der Waals surface area contributed by atoms with Gasteiger partial charge in [-0.2, -0.15) is 0 Å². The van der Waals surface area contributed by atoms with Crippen molar-refractivity contribution >= 4 is 7.60 Å². The van der Waals surface area contributed by atoms with E-state index in [-0.39, 0.29) is 0 Å². The lowest BCUT2D eigenvalue weighted by atomic mass is 10.1. The quantitative estimate of drug-likeness (QED) is 0.130. The first-order chi connectivity index (χ1) is 13.7. The summed E-state index contributed by atoms with van der Waals surface area (Å²) in [6.07, 6.45) is 22.3. The minimum Gasteiger partial charge on any atom is -0.306 e. The molecule has 0 aromatic rings. The summed E-state index contributed by atoms with van der Waals surface area (Å²) >= 11 is 0. The zero-order valence-electron chi connectivity index (χ0n) is 19.3. The molecule has 3 nitrogen and oxygen atoms in total. The van der Waals surface area contributed by atoms with Gasteiger partial charge in [0.2, 0.25) is 0 Å². The standard InChI is InChI=1S/C24H49O3P/c1-4-7-10-13-16-19-22-26-28(25,24-21-18-15-12-9-6-3)27-23-20-17-14-11-8-5-2/h21,24H,4-20,22-23H2,1-3H3/b24-21+. The van der Waals surface area contributed by atoms with Crippen LogP contribution in [-0.4, -0.2) is 13.2 Å². The first-order valence-corrected chi connectivity index (χ1v) is 13.9. The van der Waals surface area contributed by atoms with Crippen molar-refractivity contribution in [2.45, 2.75) is 130 Å². The lowest BCUT2D eigenvalue weighted by molar-refractivity contribution is 0.205. The summed E-state index contributed by atoms with van der Waals surface area (Å²) in [5, 5.41) is 0. The fraction of sp³-hybridized carbons (Fsp3) is 0.917. The molecule has 0 aromatic heterocycles. The Morgan fingerprint density at radius 2 is 0.964 bits per heavy atom. The van der Waals surface area contributed by atoms with E-state index >= 15 is 0 Å². The first kappa shape index (κ1) is 27.9. The summed E-state index contributed by atoms with van der Waals surface area (Å²) in [7, 11) is -3.08. The van der Waals surface area contributed by atoms with E-state index in [4.69, 9.17) is 9.05 Å². The molecule has 4 heteroatoms. The second-order valence-electron chi connectivity index (χ2n) is 7.98. The van der Waals surface area contributed by atoms with Crippen molar-refractivity contribution in [2.75, 3.05) is 13.2 Å². The Balaban J connectivity index is 4.16. The average molecular weight is 417 g/mol. The Labute approximate surface area is 176 Å². The van der Waals surface area contributed by atoms with Crippen LogP contribution in [0.2, 0.25) is 0 Å². The molecule has 0 saturated heterocycles. The highest BCUT2D eigenvalue weighted by Crippen LogP contribution is 2.50. The van der Waals surface area contributed by atoms with Crippen LogP contribution < -0.4 is 0 Å². The van der Waals surface area contributed by atoms with E-state index in [9.17, 15) is 4.57 Å². The van der Waals surface area contributed by atoms with Gasteiger partial charge in [-0.05, 0) is 25.7 Å². The van der Waals surface area contributed by atoms with Gasteiger partial charge in [-0.15, -0.1) is 0 Å². The Morgan fingerprint density at radius 1 is 0.571 bits per heavy atom. The second-order valence-corrected chi connectivity index (χ2v) is 9.87. The molecule has 0 N–H and O–H groups in total. The van der Waals surface area contributed by atoms with Crippen LogP contribution in [0.5, 0.6) is 0 Å². The third-order valence-electron chi connectivity index (χ3n) is 5.05. The van der Waals surface area contributed by atoms with E-state index in [0.29, 0.717) is 13.2 Å². The molecule has 0 fully saturated rings. The number of hydrogen-bond acceptors (Lipinski definition) is 3. The van der Waals surface area contributed by atoms with E-state index in [1.165, 1.54) is 70.6 Å². The molecule has 0 rings (SSSR count). The number of rotatable bonds is 22. The molecule has 0 radical (unpaired) electrons. The maximum absolute atomic E-state index is 13.0. The monoisotopic (exact) mass is 416 g/mol. The van der Waals surface area contributed by atoms with Crippen LogP contribution in [0, 0.1) is 0 Å². The van der Waals surface area contributed by atoms with E-state index in [0.717, 1.165) is 38.5 Å². The summed E-state index contributed by atoms with van der Waals surface area (Å²) in [5.41, 5.74) is 0. The molecule has 0 aliphatic heterocycles.